The molecule has 0 aromatic heterocycles. The molecule has 0 amide bonds. The molecule has 1 saturated carbocycles. The number of alkyl halides is 3. The number of hydrogen-bond donors (Lipinski definition) is 1. The van der Waals surface area contributed by atoms with Crippen molar-refractivity contribution in [2.45, 2.75) is 44.8 Å². The lowest BCUT2D eigenvalue weighted by Gasteiger charge is -2.31. The molecule has 1 aromatic carbocycles. The van der Waals surface area contributed by atoms with Gasteiger partial charge in [-0.2, -0.15) is 13.2 Å². The molecular weight excluding hydrogens is 286 g/mol. The Morgan fingerprint density at radius 2 is 1.86 bits per heavy atom. The van der Waals surface area contributed by atoms with E-state index in [0.717, 1.165) is 0 Å². The van der Waals surface area contributed by atoms with Crippen molar-refractivity contribution in [3.8, 4) is 5.75 Å². The van der Waals surface area contributed by atoms with Crippen molar-refractivity contribution in [1.29, 1.82) is 0 Å². The molecular formula is C15H19F4NO. The third-order valence-corrected chi connectivity index (χ3v) is 3.79. The first-order valence-corrected chi connectivity index (χ1v) is 7.15. The van der Waals surface area contributed by atoms with Gasteiger partial charge in [0.05, 0.1) is 18.2 Å². The van der Waals surface area contributed by atoms with Gasteiger partial charge in [-0.1, -0.05) is 0 Å². The summed E-state index contributed by atoms with van der Waals surface area (Å²) >= 11 is 0. The van der Waals surface area contributed by atoms with Gasteiger partial charge in [0.25, 0.3) is 0 Å². The fourth-order valence-corrected chi connectivity index (χ4v) is 2.68. The minimum atomic E-state index is -4.10. The second kappa shape index (κ2) is 6.54. The number of hydrogen-bond acceptors (Lipinski definition) is 2. The van der Waals surface area contributed by atoms with Gasteiger partial charge in [-0.05, 0) is 44.7 Å². The minimum Gasteiger partial charge on any atom is -0.492 e. The molecule has 0 spiro atoms. The van der Waals surface area contributed by atoms with Gasteiger partial charge in [0.15, 0.2) is 0 Å². The van der Waals surface area contributed by atoms with Crippen molar-refractivity contribution in [2.24, 2.45) is 5.92 Å². The van der Waals surface area contributed by atoms with E-state index in [4.69, 9.17) is 4.74 Å². The molecule has 0 bridgehead atoms. The van der Waals surface area contributed by atoms with Crippen LogP contribution in [-0.4, -0.2) is 18.8 Å². The predicted octanol–water partition coefficient (Wildman–Crippen LogP) is 4.76. The summed E-state index contributed by atoms with van der Waals surface area (Å²) in [6.07, 6.45) is -2.93. The molecule has 1 aliphatic carbocycles. The number of rotatable bonds is 4. The number of benzene rings is 1. The van der Waals surface area contributed by atoms with Crippen LogP contribution >= 0.6 is 0 Å². The van der Waals surface area contributed by atoms with Gasteiger partial charge in [0, 0.05) is 12.1 Å². The molecule has 1 fully saturated rings. The second-order valence-electron chi connectivity index (χ2n) is 5.31. The summed E-state index contributed by atoms with van der Waals surface area (Å²) < 4.78 is 56.4. The van der Waals surface area contributed by atoms with Crippen LogP contribution in [0.15, 0.2) is 18.2 Å². The Bertz CT molecular complexity index is 467. The van der Waals surface area contributed by atoms with Crippen molar-refractivity contribution in [2.75, 3.05) is 11.9 Å². The highest BCUT2D eigenvalue weighted by molar-refractivity contribution is 5.57. The maximum absolute atomic E-state index is 13.2. The van der Waals surface area contributed by atoms with E-state index in [1.165, 1.54) is 12.1 Å². The maximum Gasteiger partial charge on any atom is 0.391 e. The molecule has 2 nitrogen and oxygen atoms in total. The summed E-state index contributed by atoms with van der Waals surface area (Å²) in [5.74, 6) is -1.20. The van der Waals surface area contributed by atoms with Gasteiger partial charge in [-0.25, -0.2) is 4.39 Å². The Morgan fingerprint density at radius 3 is 2.43 bits per heavy atom. The Morgan fingerprint density at radius 1 is 1.19 bits per heavy atom. The zero-order valence-electron chi connectivity index (χ0n) is 11.8. The third kappa shape index (κ3) is 4.25. The summed E-state index contributed by atoms with van der Waals surface area (Å²) in [6.45, 7) is 2.20. The Kier molecular flexibility index (Phi) is 4.96. The Labute approximate surface area is 121 Å². The molecule has 6 heteroatoms. The Balaban J connectivity index is 1.97. The van der Waals surface area contributed by atoms with Crippen LogP contribution in [0, 0.1) is 11.7 Å². The van der Waals surface area contributed by atoms with Crippen LogP contribution in [0.3, 0.4) is 0 Å². The Hall–Kier alpha value is -1.46. The first-order valence-electron chi connectivity index (χ1n) is 7.15. The number of anilines is 1. The molecule has 0 atom stereocenters. The highest BCUT2D eigenvalue weighted by Gasteiger charge is 2.41. The first-order chi connectivity index (χ1) is 9.90. The molecule has 0 radical (unpaired) electrons. The van der Waals surface area contributed by atoms with Crippen LogP contribution in [0.1, 0.15) is 32.6 Å². The van der Waals surface area contributed by atoms with Gasteiger partial charge in [0.1, 0.15) is 11.6 Å². The predicted molar refractivity (Wildman–Crippen MR) is 73.0 cm³/mol. The summed E-state index contributed by atoms with van der Waals surface area (Å²) in [6, 6.07) is 4.13. The van der Waals surface area contributed by atoms with Crippen molar-refractivity contribution < 1.29 is 22.3 Å². The van der Waals surface area contributed by atoms with Crippen LogP contribution in [-0.2, 0) is 0 Å². The van der Waals surface area contributed by atoms with Crippen LogP contribution in [0.25, 0.3) is 0 Å². The SMILES string of the molecule is CCOc1cc(F)ccc1NC1CCC(C(F)(F)F)CC1. The fourth-order valence-electron chi connectivity index (χ4n) is 2.68. The summed E-state index contributed by atoms with van der Waals surface area (Å²) in [5.41, 5.74) is 0.633. The van der Waals surface area contributed by atoms with Crippen molar-refractivity contribution in [3.63, 3.8) is 0 Å². The van der Waals surface area contributed by atoms with E-state index >= 15 is 0 Å². The standard InChI is InChI=1S/C15H19F4NO/c1-2-21-14-9-11(16)5-8-13(14)20-12-6-3-10(4-7-12)15(17,18)19/h5,8-10,12,20H,2-4,6-7H2,1H3. The molecule has 1 N–H and O–H groups in total. The minimum absolute atomic E-state index is 0.0340. The van der Waals surface area contributed by atoms with E-state index < -0.39 is 17.9 Å². The lowest BCUT2D eigenvalue weighted by molar-refractivity contribution is -0.182. The highest BCUT2D eigenvalue weighted by atomic mass is 19.4. The molecule has 21 heavy (non-hydrogen) atoms. The van der Waals surface area contributed by atoms with E-state index in [0.29, 0.717) is 30.9 Å². The summed E-state index contributed by atoms with van der Waals surface area (Å²) in [7, 11) is 0. The number of halogens is 4. The second-order valence-corrected chi connectivity index (χ2v) is 5.31. The van der Waals surface area contributed by atoms with Gasteiger partial charge >= 0.3 is 6.18 Å². The molecule has 0 unspecified atom stereocenters. The maximum atomic E-state index is 13.2. The average Bonchev–Trinajstić information content (AvgIpc) is 2.42. The van der Waals surface area contributed by atoms with Crippen molar-refractivity contribution in [1.82, 2.24) is 0 Å². The molecule has 0 saturated heterocycles. The van der Waals surface area contributed by atoms with E-state index in [1.807, 2.05) is 0 Å². The summed E-state index contributed by atoms with van der Waals surface area (Å²) in [5, 5.41) is 3.17. The lowest BCUT2D eigenvalue weighted by Crippen LogP contribution is -2.32. The van der Waals surface area contributed by atoms with Crippen molar-refractivity contribution in [3.05, 3.63) is 24.0 Å². The molecule has 2 rings (SSSR count). The van der Waals surface area contributed by atoms with E-state index in [9.17, 15) is 17.6 Å². The zero-order valence-corrected chi connectivity index (χ0v) is 11.8. The van der Waals surface area contributed by atoms with E-state index in [1.54, 1.807) is 13.0 Å². The van der Waals surface area contributed by atoms with Gasteiger partial charge in [-0.3, -0.25) is 0 Å². The monoisotopic (exact) mass is 305 g/mol. The molecule has 118 valence electrons. The van der Waals surface area contributed by atoms with Crippen LogP contribution in [0.4, 0.5) is 23.2 Å². The van der Waals surface area contributed by atoms with Crippen molar-refractivity contribution >= 4 is 5.69 Å². The lowest BCUT2D eigenvalue weighted by atomic mass is 9.85. The molecule has 0 aliphatic heterocycles. The van der Waals surface area contributed by atoms with Crippen LogP contribution < -0.4 is 10.1 Å². The summed E-state index contributed by atoms with van der Waals surface area (Å²) in [4.78, 5) is 0. The molecule has 1 aromatic rings. The zero-order chi connectivity index (χ0) is 15.5. The largest absolute Gasteiger partial charge is 0.492 e. The quantitative estimate of drug-likeness (QED) is 0.810. The van der Waals surface area contributed by atoms with Crippen LogP contribution in [0.5, 0.6) is 5.75 Å². The number of nitrogens with one attached hydrogen (secondary N) is 1. The van der Waals surface area contributed by atoms with Gasteiger partial charge < -0.3 is 10.1 Å². The van der Waals surface area contributed by atoms with Gasteiger partial charge in [-0.15, -0.1) is 0 Å². The average molecular weight is 305 g/mol. The fraction of sp³-hybridized carbons (Fsp3) is 0.600. The topological polar surface area (TPSA) is 21.3 Å². The molecule has 0 heterocycles. The van der Waals surface area contributed by atoms with E-state index in [2.05, 4.69) is 5.32 Å². The first kappa shape index (κ1) is 15.9. The van der Waals surface area contributed by atoms with Crippen LogP contribution in [0.2, 0.25) is 0 Å². The smallest absolute Gasteiger partial charge is 0.391 e. The highest BCUT2D eigenvalue weighted by Crippen LogP contribution is 2.38. The normalized spacial score (nSPS) is 22.9. The van der Waals surface area contributed by atoms with Gasteiger partial charge in [0.2, 0.25) is 0 Å². The molecule has 1 aliphatic rings. The van der Waals surface area contributed by atoms with E-state index in [-0.39, 0.29) is 18.9 Å². The third-order valence-electron chi connectivity index (χ3n) is 3.79. The number of ether oxygens (including phenoxy) is 1.